The zero-order chi connectivity index (χ0) is 16.9. The van der Waals surface area contributed by atoms with Gasteiger partial charge in [-0.1, -0.05) is 57.0 Å². The molecule has 0 saturated carbocycles. The van der Waals surface area contributed by atoms with Crippen LogP contribution in [0.2, 0.25) is 0 Å². The molecule has 0 bridgehead atoms. The van der Waals surface area contributed by atoms with Crippen LogP contribution in [0.5, 0.6) is 0 Å². The van der Waals surface area contributed by atoms with E-state index in [-0.39, 0.29) is 23.9 Å². The van der Waals surface area contributed by atoms with Gasteiger partial charge in [0.25, 0.3) is 0 Å². The van der Waals surface area contributed by atoms with Gasteiger partial charge in [-0.15, -0.1) is 0 Å². The Balaban J connectivity index is 0.00000529. The van der Waals surface area contributed by atoms with Gasteiger partial charge in [0.05, 0.1) is 13.2 Å². The predicted octanol–water partition coefficient (Wildman–Crippen LogP) is 2.39. The number of ether oxygens (including phenoxy) is 2. The van der Waals surface area contributed by atoms with Crippen LogP contribution in [0.15, 0.2) is 42.0 Å². The minimum atomic E-state index is -0.489. The van der Waals surface area contributed by atoms with Gasteiger partial charge in [0.2, 0.25) is 0 Å². The monoisotopic (exact) mass is 442 g/mol. The van der Waals surface area contributed by atoms with Crippen LogP contribution < -0.4 is 0 Å². The zero-order valence-corrected chi connectivity index (χ0v) is 14.0. The molecule has 0 aliphatic heterocycles. The van der Waals surface area contributed by atoms with Crippen LogP contribution >= 0.6 is 0 Å². The number of carbonyl (C=O) groups is 2. The van der Waals surface area contributed by atoms with Crippen LogP contribution in [0.3, 0.4) is 0 Å². The van der Waals surface area contributed by atoms with Crippen LogP contribution in [0, 0.1) is 0 Å². The maximum atomic E-state index is 12.2. The molecule has 0 unspecified atom stereocenters. The van der Waals surface area contributed by atoms with Crippen molar-refractivity contribution in [2.45, 2.75) is 46.0 Å². The molecule has 0 spiro atoms. The molecule has 0 saturated heterocycles. The summed E-state index contributed by atoms with van der Waals surface area (Å²) >= 11 is 0. The second-order valence-electron chi connectivity index (χ2n) is 5.34. The van der Waals surface area contributed by atoms with E-state index in [4.69, 9.17) is 9.47 Å². The van der Waals surface area contributed by atoms with Crippen LogP contribution in [0.4, 0.5) is 0 Å². The van der Waals surface area contributed by atoms with Crippen molar-refractivity contribution in [2.24, 2.45) is 0 Å². The molecule has 0 aliphatic rings. The van der Waals surface area contributed by atoms with Crippen molar-refractivity contribution >= 4 is 35.8 Å². The third-order valence-corrected chi connectivity index (χ3v) is 3.26. The van der Waals surface area contributed by atoms with Gasteiger partial charge in [-0.25, -0.2) is 9.59 Å². The van der Waals surface area contributed by atoms with E-state index in [9.17, 15) is 9.59 Å². The van der Waals surface area contributed by atoms with Crippen molar-refractivity contribution in [1.82, 2.24) is 0 Å². The van der Waals surface area contributed by atoms with Gasteiger partial charge in [0, 0.05) is 18.1 Å². The Bertz CT molecular complexity index is 511. The summed E-state index contributed by atoms with van der Waals surface area (Å²) in [6.07, 6.45) is 5.14. The molecule has 0 fully saturated rings. The van der Waals surface area contributed by atoms with Crippen LogP contribution in [0.25, 0.3) is 0 Å². The quantitative estimate of drug-likeness (QED) is 0.242. The van der Waals surface area contributed by atoms with E-state index in [1.165, 1.54) is 6.08 Å². The molecule has 0 aromatic heterocycles. The number of carbonyl (C=O) groups excluding carboxylic acids is 2. The molecule has 24 heavy (non-hydrogen) atoms. The Morgan fingerprint density at radius 3 is 2.12 bits per heavy atom. The second kappa shape index (κ2) is 14.1. The third kappa shape index (κ3) is 9.75. The molecule has 0 aliphatic carbocycles. The van der Waals surface area contributed by atoms with Crippen LogP contribution in [-0.2, 0) is 25.5 Å². The number of hydrogen-bond acceptors (Lipinski definition) is 4. The van der Waals surface area contributed by atoms with Crippen molar-refractivity contribution in [2.75, 3.05) is 13.2 Å². The first-order valence-corrected chi connectivity index (χ1v) is 8.25. The van der Waals surface area contributed by atoms with Gasteiger partial charge in [-0.2, -0.15) is 0 Å². The summed E-state index contributed by atoms with van der Waals surface area (Å²) in [4.78, 5) is 24.0. The normalized spacial score (nSPS) is 10.7. The van der Waals surface area contributed by atoms with E-state index in [0.29, 0.717) is 25.2 Å². The van der Waals surface area contributed by atoms with E-state index >= 15 is 0 Å². The van der Waals surface area contributed by atoms with Crippen molar-refractivity contribution < 1.29 is 19.1 Å². The number of hydrogen-bond donors (Lipinski definition) is 0. The molecule has 0 N–H and O–H groups in total. The van der Waals surface area contributed by atoms with Gasteiger partial charge in [0.1, 0.15) is 0 Å². The molecule has 1 rings (SSSR count). The summed E-state index contributed by atoms with van der Waals surface area (Å²) in [6, 6.07) is 9.53. The van der Waals surface area contributed by atoms with Gasteiger partial charge in [-0.3, -0.25) is 0 Å². The third-order valence-electron chi connectivity index (χ3n) is 3.26. The fourth-order valence-electron chi connectivity index (χ4n) is 1.90. The first-order chi connectivity index (χ1) is 11.2. The van der Waals surface area contributed by atoms with E-state index in [0.717, 1.165) is 31.2 Å². The van der Waals surface area contributed by atoms with Crippen LogP contribution in [-0.4, -0.2) is 49.1 Å². The zero-order valence-electron chi connectivity index (χ0n) is 14.0. The minimum absolute atomic E-state index is 0. The SMILES string of the molecule is CCCCOC(=O)/C=C(/Cc1ccccc1)C(=O)OCCCC.[SnH4]. The van der Waals surface area contributed by atoms with E-state index < -0.39 is 11.9 Å². The Hall–Kier alpha value is -1.30. The number of esters is 2. The van der Waals surface area contributed by atoms with Crippen LogP contribution in [0.1, 0.15) is 45.1 Å². The molecular formula is C19H30O4Sn. The molecule has 4 nitrogen and oxygen atoms in total. The summed E-state index contributed by atoms with van der Waals surface area (Å²) in [7, 11) is 0. The molecule has 5 heteroatoms. The summed E-state index contributed by atoms with van der Waals surface area (Å²) in [6.45, 7) is 4.79. The van der Waals surface area contributed by atoms with E-state index in [1.807, 2.05) is 44.2 Å². The fraction of sp³-hybridized carbons (Fsp3) is 0.474. The fourth-order valence-corrected chi connectivity index (χ4v) is 1.90. The van der Waals surface area contributed by atoms with Crippen molar-refractivity contribution in [3.63, 3.8) is 0 Å². The topological polar surface area (TPSA) is 52.6 Å². The Labute approximate surface area is 161 Å². The number of benzene rings is 1. The molecule has 0 radical (unpaired) electrons. The number of unbranched alkanes of at least 4 members (excludes halogenated alkanes) is 2. The number of rotatable bonds is 10. The molecule has 1 aromatic carbocycles. The molecule has 0 atom stereocenters. The summed E-state index contributed by atoms with van der Waals surface area (Å²) in [5.41, 5.74) is 1.28. The van der Waals surface area contributed by atoms with Gasteiger partial charge < -0.3 is 9.47 Å². The Kier molecular flexibility index (Phi) is 13.3. The molecular weight excluding hydrogens is 411 g/mol. The average Bonchev–Trinajstić information content (AvgIpc) is 2.55. The van der Waals surface area contributed by atoms with Crippen molar-refractivity contribution in [3.8, 4) is 0 Å². The summed E-state index contributed by atoms with van der Waals surface area (Å²) in [5, 5.41) is 0. The average molecular weight is 441 g/mol. The first kappa shape index (κ1) is 22.7. The first-order valence-electron chi connectivity index (χ1n) is 8.25. The second-order valence-corrected chi connectivity index (χ2v) is 5.34. The predicted molar refractivity (Wildman–Crippen MR) is 101 cm³/mol. The van der Waals surface area contributed by atoms with E-state index in [1.54, 1.807) is 0 Å². The summed E-state index contributed by atoms with van der Waals surface area (Å²) in [5.74, 6) is -0.938. The Morgan fingerprint density at radius 2 is 1.54 bits per heavy atom. The maximum absolute atomic E-state index is 12.2. The standard InChI is InChI=1S/C19H26O4.Sn.4H/c1-3-5-12-22-18(20)15-17(19(21)23-13-6-4-2)14-16-10-8-7-9-11-16;;;;;/h7-11,15H,3-6,12-14H2,1-2H3;;;;;/b17-15-;;;;;. The van der Waals surface area contributed by atoms with Gasteiger partial charge >= 0.3 is 35.8 Å². The molecule has 0 heterocycles. The molecule has 0 amide bonds. The molecule has 1 aromatic rings. The molecule has 134 valence electrons. The summed E-state index contributed by atoms with van der Waals surface area (Å²) < 4.78 is 10.3. The van der Waals surface area contributed by atoms with E-state index in [2.05, 4.69) is 0 Å². The van der Waals surface area contributed by atoms with Gasteiger partial charge in [0.15, 0.2) is 0 Å². The Morgan fingerprint density at radius 1 is 0.958 bits per heavy atom. The van der Waals surface area contributed by atoms with Crippen molar-refractivity contribution in [3.05, 3.63) is 47.5 Å². The van der Waals surface area contributed by atoms with Crippen molar-refractivity contribution in [1.29, 1.82) is 0 Å². The van der Waals surface area contributed by atoms with Gasteiger partial charge in [-0.05, 0) is 18.4 Å².